The van der Waals surface area contributed by atoms with Crippen molar-refractivity contribution in [3.8, 4) is 17.6 Å². The molecule has 0 saturated carbocycles. The predicted octanol–water partition coefficient (Wildman–Crippen LogP) is 2.81. The molecule has 0 fully saturated rings. The van der Waals surface area contributed by atoms with Gasteiger partial charge in [0.05, 0.1) is 29.3 Å². The van der Waals surface area contributed by atoms with E-state index < -0.39 is 0 Å². The normalized spacial score (nSPS) is 10.5. The third-order valence-corrected chi connectivity index (χ3v) is 3.49. The van der Waals surface area contributed by atoms with Gasteiger partial charge >= 0.3 is 0 Å². The molecule has 0 atom stereocenters. The summed E-state index contributed by atoms with van der Waals surface area (Å²) in [6.07, 6.45) is 1.44. The number of ether oxygens (including phenoxy) is 4. The van der Waals surface area contributed by atoms with Crippen molar-refractivity contribution in [2.24, 2.45) is 0 Å². The van der Waals surface area contributed by atoms with Crippen LogP contribution in [0.25, 0.3) is 10.9 Å². The van der Waals surface area contributed by atoms with Crippen molar-refractivity contribution in [3.05, 3.63) is 28.9 Å². The van der Waals surface area contributed by atoms with Gasteiger partial charge in [0.1, 0.15) is 19.3 Å². The number of halogens is 1. The number of fused-ring (bicyclic) bond motifs is 1. The first-order valence-corrected chi connectivity index (χ1v) is 7.35. The first-order valence-electron chi connectivity index (χ1n) is 6.97. The molecule has 0 amide bonds. The van der Waals surface area contributed by atoms with Gasteiger partial charge in [-0.25, -0.2) is 0 Å². The lowest BCUT2D eigenvalue weighted by atomic mass is 10.1. The second-order valence-electron chi connectivity index (χ2n) is 4.60. The minimum atomic E-state index is 0.315. The molecule has 0 bridgehead atoms. The molecule has 0 aliphatic heterocycles. The Hall–Kier alpha value is -2.07. The molecule has 0 N–H and O–H groups in total. The van der Waals surface area contributed by atoms with Crippen LogP contribution in [0.4, 0.5) is 0 Å². The Labute approximate surface area is 139 Å². The van der Waals surface area contributed by atoms with Crippen LogP contribution in [0.5, 0.6) is 11.5 Å². The van der Waals surface area contributed by atoms with Gasteiger partial charge in [-0.1, -0.05) is 11.6 Å². The molecule has 0 saturated heterocycles. The Kier molecular flexibility index (Phi) is 6.41. The second kappa shape index (κ2) is 8.53. The number of methoxy groups -OCH3 is 2. The van der Waals surface area contributed by atoms with E-state index in [2.05, 4.69) is 4.98 Å². The van der Waals surface area contributed by atoms with Gasteiger partial charge in [-0.05, 0) is 6.07 Å². The topological polar surface area (TPSA) is 73.6 Å². The van der Waals surface area contributed by atoms with Crippen LogP contribution >= 0.6 is 11.6 Å². The molecule has 2 aromatic rings. The van der Waals surface area contributed by atoms with Crippen LogP contribution < -0.4 is 9.47 Å². The summed E-state index contributed by atoms with van der Waals surface area (Å²) in [6.45, 7) is 1.65. The van der Waals surface area contributed by atoms with Gasteiger partial charge in [0.2, 0.25) is 0 Å². The monoisotopic (exact) mass is 336 g/mol. The Morgan fingerprint density at radius 3 is 2.22 bits per heavy atom. The summed E-state index contributed by atoms with van der Waals surface area (Å²) < 4.78 is 21.3. The molecule has 7 heteroatoms. The Bertz CT molecular complexity index is 715. The summed E-state index contributed by atoms with van der Waals surface area (Å²) in [6, 6.07) is 5.47. The molecular weight excluding hydrogens is 320 g/mol. The fraction of sp³-hybridized carbons (Fsp3) is 0.375. The highest BCUT2D eigenvalue weighted by atomic mass is 35.5. The van der Waals surface area contributed by atoms with E-state index in [0.29, 0.717) is 59.4 Å². The van der Waals surface area contributed by atoms with Crippen molar-refractivity contribution < 1.29 is 18.9 Å². The van der Waals surface area contributed by atoms with E-state index in [0.717, 1.165) is 0 Å². The van der Waals surface area contributed by atoms with Crippen molar-refractivity contribution in [2.45, 2.75) is 0 Å². The molecule has 0 radical (unpaired) electrons. The standard InChI is InChI=1S/C16H17ClN2O4/c1-20-3-5-22-14-7-12-13(8-15(14)23-6-4-21-2)19-10-11(9-18)16(12)17/h7-8,10H,3-6H2,1-2H3. The van der Waals surface area contributed by atoms with Gasteiger partial charge in [-0.3, -0.25) is 4.98 Å². The predicted molar refractivity (Wildman–Crippen MR) is 86.2 cm³/mol. The van der Waals surface area contributed by atoms with Gasteiger partial charge < -0.3 is 18.9 Å². The number of pyridine rings is 1. The molecule has 0 aliphatic carbocycles. The van der Waals surface area contributed by atoms with E-state index >= 15 is 0 Å². The summed E-state index contributed by atoms with van der Waals surface area (Å²) in [5.41, 5.74) is 0.940. The SMILES string of the molecule is COCCOc1cc2ncc(C#N)c(Cl)c2cc1OCCOC. The largest absolute Gasteiger partial charge is 0.487 e. The molecule has 23 heavy (non-hydrogen) atoms. The number of nitrogens with zero attached hydrogens (tertiary/aromatic N) is 2. The average molecular weight is 337 g/mol. The highest BCUT2D eigenvalue weighted by molar-refractivity contribution is 6.36. The maximum absolute atomic E-state index is 9.06. The first kappa shape index (κ1) is 17.3. The highest BCUT2D eigenvalue weighted by Crippen LogP contribution is 2.35. The van der Waals surface area contributed by atoms with Crippen LogP contribution in [-0.4, -0.2) is 45.6 Å². The number of benzene rings is 1. The molecule has 2 rings (SSSR count). The zero-order valence-electron chi connectivity index (χ0n) is 13.0. The molecule has 1 aromatic carbocycles. The molecule has 122 valence electrons. The van der Waals surface area contributed by atoms with Crippen molar-refractivity contribution in [2.75, 3.05) is 40.6 Å². The maximum Gasteiger partial charge on any atom is 0.163 e. The third kappa shape index (κ3) is 4.23. The average Bonchev–Trinajstić information content (AvgIpc) is 2.56. The smallest absolute Gasteiger partial charge is 0.163 e. The summed E-state index contributed by atoms with van der Waals surface area (Å²) in [4.78, 5) is 4.24. The lowest BCUT2D eigenvalue weighted by Crippen LogP contribution is -2.08. The van der Waals surface area contributed by atoms with E-state index in [4.69, 9.17) is 35.8 Å². The van der Waals surface area contributed by atoms with E-state index in [1.807, 2.05) is 6.07 Å². The summed E-state index contributed by atoms with van der Waals surface area (Å²) in [5.74, 6) is 1.06. The van der Waals surface area contributed by atoms with Crippen molar-refractivity contribution in [1.29, 1.82) is 5.26 Å². The Morgan fingerprint density at radius 2 is 1.65 bits per heavy atom. The van der Waals surface area contributed by atoms with E-state index in [1.165, 1.54) is 6.20 Å². The maximum atomic E-state index is 9.06. The summed E-state index contributed by atoms with van der Waals surface area (Å²) >= 11 is 6.25. The zero-order chi connectivity index (χ0) is 16.7. The lowest BCUT2D eigenvalue weighted by Gasteiger charge is -2.14. The molecule has 0 unspecified atom stereocenters. The number of nitriles is 1. The summed E-state index contributed by atoms with van der Waals surface area (Å²) in [7, 11) is 3.20. The number of rotatable bonds is 8. The molecule has 1 aromatic heterocycles. The molecular formula is C16H17ClN2O4. The van der Waals surface area contributed by atoms with Crippen LogP contribution in [0.15, 0.2) is 18.3 Å². The number of aromatic nitrogens is 1. The second-order valence-corrected chi connectivity index (χ2v) is 4.97. The van der Waals surface area contributed by atoms with Gasteiger partial charge in [-0.15, -0.1) is 0 Å². The quantitative estimate of drug-likeness (QED) is 0.690. The molecule has 1 heterocycles. The minimum Gasteiger partial charge on any atom is -0.487 e. The van der Waals surface area contributed by atoms with Crippen LogP contribution in [0.3, 0.4) is 0 Å². The van der Waals surface area contributed by atoms with Crippen molar-refractivity contribution >= 4 is 22.5 Å². The Morgan fingerprint density at radius 1 is 1.04 bits per heavy atom. The van der Waals surface area contributed by atoms with Crippen molar-refractivity contribution in [3.63, 3.8) is 0 Å². The van der Waals surface area contributed by atoms with Gasteiger partial charge in [0.15, 0.2) is 11.5 Å². The lowest BCUT2D eigenvalue weighted by molar-refractivity contribution is 0.132. The number of hydrogen-bond acceptors (Lipinski definition) is 6. The Balaban J connectivity index is 2.40. The van der Waals surface area contributed by atoms with Gasteiger partial charge in [0, 0.05) is 31.9 Å². The van der Waals surface area contributed by atoms with E-state index in [9.17, 15) is 0 Å². The van der Waals surface area contributed by atoms with Crippen LogP contribution in [0.1, 0.15) is 5.56 Å². The van der Waals surface area contributed by atoms with Crippen LogP contribution in [-0.2, 0) is 9.47 Å². The van der Waals surface area contributed by atoms with E-state index in [1.54, 1.807) is 26.4 Å². The fourth-order valence-corrected chi connectivity index (χ4v) is 2.18. The van der Waals surface area contributed by atoms with Gasteiger partial charge in [-0.2, -0.15) is 5.26 Å². The zero-order valence-corrected chi connectivity index (χ0v) is 13.7. The van der Waals surface area contributed by atoms with E-state index in [-0.39, 0.29) is 0 Å². The summed E-state index contributed by atoms with van der Waals surface area (Å²) in [5, 5.41) is 10.0. The minimum absolute atomic E-state index is 0.315. The highest BCUT2D eigenvalue weighted by Gasteiger charge is 2.13. The van der Waals surface area contributed by atoms with Gasteiger partial charge in [0.25, 0.3) is 0 Å². The van der Waals surface area contributed by atoms with Crippen molar-refractivity contribution in [1.82, 2.24) is 4.98 Å². The molecule has 0 aliphatic rings. The first-order chi connectivity index (χ1) is 11.2. The molecule has 0 spiro atoms. The van der Waals surface area contributed by atoms with Crippen LogP contribution in [0, 0.1) is 11.3 Å². The van der Waals surface area contributed by atoms with Crippen LogP contribution in [0.2, 0.25) is 5.02 Å². The molecule has 6 nitrogen and oxygen atoms in total. The number of hydrogen-bond donors (Lipinski definition) is 0. The third-order valence-electron chi connectivity index (χ3n) is 3.08. The fourth-order valence-electron chi connectivity index (χ4n) is 1.94.